The molecule has 1 saturated heterocycles. The molecule has 1 fully saturated rings. The van der Waals surface area contributed by atoms with E-state index in [0.29, 0.717) is 5.69 Å². The highest BCUT2D eigenvalue weighted by molar-refractivity contribution is 7.21. The maximum atomic E-state index is 14.3. The van der Waals surface area contributed by atoms with Gasteiger partial charge in [0.15, 0.2) is 0 Å². The number of aromatic nitrogens is 3. The molecule has 4 heterocycles. The minimum Gasteiger partial charge on any atom is -0.383 e. The molecule has 8 nitrogen and oxygen atoms in total. The van der Waals surface area contributed by atoms with Crippen LogP contribution in [-0.4, -0.2) is 77.1 Å². The number of fused-ring (bicyclic) bond motifs is 1. The zero-order chi connectivity index (χ0) is 29.8. The Kier molecular flexibility index (Phi) is 8.75. The van der Waals surface area contributed by atoms with Crippen molar-refractivity contribution in [3.63, 3.8) is 0 Å². The van der Waals surface area contributed by atoms with E-state index in [1.165, 1.54) is 23.5 Å². The van der Waals surface area contributed by atoms with Crippen LogP contribution < -0.4 is 5.32 Å². The largest absolute Gasteiger partial charge is 0.383 e. The Hall–Kier alpha value is -4.16. The van der Waals surface area contributed by atoms with Gasteiger partial charge in [0.2, 0.25) is 0 Å². The van der Waals surface area contributed by atoms with E-state index in [2.05, 4.69) is 31.2 Å². The number of anilines is 1. The van der Waals surface area contributed by atoms with Gasteiger partial charge in [-0.2, -0.15) is 0 Å². The third-order valence-corrected chi connectivity index (χ3v) is 8.39. The molecule has 0 saturated carbocycles. The van der Waals surface area contributed by atoms with Crippen molar-refractivity contribution in [2.75, 3.05) is 51.8 Å². The van der Waals surface area contributed by atoms with Crippen LogP contribution in [0, 0.1) is 11.6 Å². The molecule has 0 radical (unpaired) electrons. The van der Waals surface area contributed by atoms with E-state index in [0.717, 1.165) is 90.6 Å². The number of pyridine rings is 2. The molecule has 0 unspecified atom stereocenters. The van der Waals surface area contributed by atoms with Crippen molar-refractivity contribution >= 4 is 33.3 Å². The number of halogens is 2. The zero-order valence-electron chi connectivity index (χ0n) is 23.6. The van der Waals surface area contributed by atoms with Gasteiger partial charge in [-0.1, -0.05) is 29.5 Å². The lowest BCUT2D eigenvalue weighted by Gasteiger charge is -2.34. The monoisotopic (exact) mass is 600 g/mol. The van der Waals surface area contributed by atoms with E-state index in [4.69, 9.17) is 9.72 Å². The number of benzene rings is 2. The number of nitrogens with one attached hydrogen (secondary N) is 1. The van der Waals surface area contributed by atoms with Crippen molar-refractivity contribution in [3.05, 3.63) is 95.8 Å². The molecule has 6 rings (SSSR count). The number of methoxy groups -OCH3 is 1. The van der Waals surface area contributed by atoms with Crippen LogP contribution in [0.5, 0.6) is 0 Å². The van der Waals surface area contributed by atoms with Crippen LogP contribution in [0.2, 0.25) is 0 Å². The Morgan fingerprint density at radius 3 is 2.60 bits per heavy atom. The summed E-state index contributed by atoms with van der Waals surface area (Å²) in [5.74, 6) is -1.68. The van der Waals surface area contributed by atoms with Crippen LogP contribution in [0.15, 0.2) is 72.9 Å². The molecule has 0 aliphatic carbocycles. The van der Waals surface area contributed by atoms with Gasteiger partial charge in [0.1, 0.15) is 32.7 Å². The molecule has 0 atom stereocenters. The quantitative estimate of drug-likeness (QED) is 0.232. The number of hydrogen-bond donors (Lipinski definition) is 1. The highest BCUT2D eigenvalue weighted by Crippen LogP contribution is 2.34. The predicted molar refractivity (Wildman–Crippen MR) is 164 cm³/mol. The summed E-state index contributed by atoms with van der Waals surface area (Å²) in [7, 11) is 1.73. The summed E-state index contributed by atoms with van der Waals surface area (Å²) in [4.78, 5) is 32.7. The molecular weight excluding hydrogens is 570 g/mol. The van der Waals surface area contributed by atoms with Crippen molar-refractivity contribution in [3.8, 4) is 21.8 Å². The van der Waals surface area contributed by atoms with Gasteiger partial charge in [0.25, 0.3) is 5.91 Å². The summed E-state index contributed by atoms with van der Waals surface area (Å²) < 4.78 is 33.3. The van der Waals surface area contributed by atoms with Crippen molar-refractivity contribution < 1.29 is 18.3 Å². The van der Waals surface area contributed by atoms with Crippen LogP contribution in [0.4, 0.5) is 14.5 Å². The first-order valence-corrected chi connectivity index (χ1v) is 14.8. The molecule has 1 aliphatic heterocycles. The summed E-state index contributed by atoms with van der Waals surface area (Å²) in [6, 6.07) is 17.3. The second-order valence-corrected chi connectivity index (χ2v) is 11.3. The fraction of sp³-hybridized carbons (Fsp3) is 0.250. The first-order chi connectivity index (χ1) is 21.0. The number of thiazole rings is 1. The van der Waals surface area contributed by atoms with Crippen molar-refractivity contribution in [2.45, 2.75) is 6.54 Å². The van der Waals surface area contributed by atoms with Gasteiger partial charge in [-0.05, 0) is 54.1 Å². The van der Waals surface area contributed by atoms with Gasteiger partial charge in [0.05, 0.1) is 18.0 Å². The highest BCUT2D eigenvalue weighted by Gasteiger charge is 2.19. The van der Waals surface area contributed by atoms with Crippen LogP contribution in [0.25, 0.3) is 32.2 Å². The second-order valence-electron chi connectivity index (χ2n) is 10.3. The summed E-state index contributed by atoms with van der Waals surface area (Å²) in [5, 5.41) is 3.64. The number of carbonyl (C=O) groups excluding carboxylic acids is 1. The standard InChI is InChI=1S/C32H30F2N6O2S/c1-42-16-15-39-11-13-40(14-12-39)20-21-17-29-32(35-19-21)43-31(38-29)23-5-2-3-6-26(23)37-30(41)28-8-4-7-27(36-28)24-18-22(33)9-10-25(24)34/h2-10,17-19H,11-16,20H2,1H3,(H,37,41). The average Bonchev–Trinajstić information content (AvgIpc) is 3.45. The molecule has 1 amide bonds. The summed E-state index contributed by atoms with van der Waals surface area (Å²) in [6.07, 6.45) is 1.91. The first kappa shape index (κ1) is 28.9. The molecule has 11 heteroatoms. The van der Waals surface area contributed by atoms with Crippen molar-refractivity contribution in [1.29, 1.82) is 0 Å². The van der Waals surface area contributed by atoms with Crippen LogP contribution in [-0.2, 0) is 11.3 Å². The minimum atomic E-state index is -0.620. The van der Waals surface area contributed by atoms with Gasteiger partial charge in [-0.25, -0.2) is 23.7 Å². The number of nitrogens with zero attached hydrogens (tertiary/aromatic N) is 5. The van der Waals surface area contributed by atoms with Crippen molar-refractivity contribution in [2.24, 2.45) is 0 Å². The topological polar surface area (TPSA) is 83.5 Å². The summed E-state index contributed by atoms with van der Waals surface area (Å²) in [6.45, 7) is 6.54. The van der Waals surface area contributed by atoms with Gasteiger partial charge >= 0.3 is 0 Å². The molecule has 1 N–H and O–H groups in total. The third-order valence-electron chi connectivity index (χ3n) is 7.38. The van der Waals surface area contributed by atoms with E-state index in [1.807, 2.05) is 24.4 Å². The van der Waals surface area contributed by atoms with Gasteiger partial charge in [-0.3, -0.25) is 14.6 Å². The van der Waals surface area contributed by atoms with Gasteiger partial charge in [0, 0.05) is 63.7 Å². The Bertz CT molecular complexity index is 1760. The highest BCUT2D eigenvalue weighted by atomic mass is 32.1. The van der Waals surface area contributed by atoms with E-state index >= 15 is 0 Å². The van der Waals surface area contributed by atoms with Gasteiger partial charge in [-0.15, -0.1) is 0 Å². The predicted octanol–water partition coefficient (Wildman–Crippen LogP) is 5.71. The van der Waals surface area contributed by atoms with Crippen LogP contribution >= 0.6 is 11.3 Å². The number of hydrogen-bond acceptors (Lipinski definition) is 8. The number of rotatable bonds is 9. The molecule has 2 aromatic carbocycles. The zero-order valence-corrected chi connectivity index (χ0v) is 24.4. The maximum Gasteiger partial charge on any atom is 0.274 e. The molecule has 3 aromatic heterocycles. The lowest BCUT2D eigenvalue weighted by Crippen LogP contribution is -2.46. The van der Waals surface area contributed by atoms with E-state index in [1.54, 1.807) is 19.2 Å². The Labute approximate surface area is 252 Å². The summed E-state index contributed by atoms with van der Waals surface area (Å²) in [5.41, 5.74) is 3.45. The first-order valence-electron chi connectivity index (χ1n) is 14.0. The molecule has 220 valence electrons. The molecule has 43 heavy (non-hydrogen) atoms. The van der Waals surface area contributed by atoms with E-state index in [-0.39, 0.29) is 17.0 Å². The lowest BCUT2D eigenvalue weighted by molar-refractivity contribution is 0.0938. The molecule has 0 bridgehead atoms. The molecule has 1 aliphatic rings. The Morgan fingerprint density at radius 2 is 1.77 bits per heavy atom. The summed E-state index contributed by atoms with van der Waals surface area (Å²) >= 11 is 1.45. The second kappa shape index (κ2) is 13.0. The number of ether oxygens (including phenoxy) is 1. The van der Waals surface area contributed by atoms with Crippen LogP contribution in [0.1, 0.15) is 16.1 Å². The molecular formula is C32H30F2N6O2S. The third kappa shape index (κ3) is 6.75. The molecule has 5 aromatic rings. The van der Waals surface area contributed by atoms with E-state index < -0.39 is 17.5 Å². The van der Waals surface area contributed by atoms with Crippen LogP contribution in [0.3, 0.4) is 0 Å². The van der Waals surface area contributed by atoms with E-state index in [9.17, 15) is 13.6 Å². The lowest BCUT2D eigenvalue weighted by atomic mass is 10.1. The number of amides is 1. The SMILES string of the molecule is COCCN1CCN(Cc2cnc3sc(-c4ccccc4NC(=O)c4cccc(-c5cc(F)ccc5F)n4)nc3c2)CC1. The average molecular weight is 601 g/mol. The fourth-order valence-electron chi connectivity index (χ4n) is 5.09. The maximum absolute atomic E-state index is 14.3. The Morgan fingerprint density at radius 1 is 0.953 bits per heavy atom. The Balaban J connectivity index is 1.18. The smallest absolute Gasteiger partial charge is 0.274 e. The number of piperazine rings is 1. The van der Waals surface area contributed by atoms with Gasteiger partial charge < -0.3 is 10.1 Å². The van der Waals surface area contributed by atoms with Crippen molar-refractivity contribution in [1.82, 2.24) is 24.8 Å². The minimum absolute atomic E-state index is 0.0132. The fourth-order valence-corrected chi connectivity index (χ4v) is 6.02. The number of para-hydroxylation sites is 1. The number of carbonyl (C=O) groups is 1. The normalized spacial score (nSPS) is 14.3. The molecule has 0 spiro atoms.